The summed E-state index contributed by atoms with van der Waals surface area (Å²) in [4.78, 5) is 12.5. The molecule has 1 aliphatic rings. The lowest BCUT2D eigenvalue weighted by atomic mass is 10.2. The number of benzene rings is 2. The smallest absolute Gasteiger partial charge is 0.250 e. The predicted molar refractivity (Wildman–Crippen MR) is 105 cm³/mol. The number of amides is 1. The standard InChI is InChI=1S/C17H16IN3OS/c1-12-11-20(17(23)19-15-10-6-5-9-14(15)18)21(16(12)22)13-7-3-2-4-8-13/h2-10,12H,11H2,1H3,(H,19,23). The summed E-state index contributed by atoms with van der Waals surface area (Å²) >= 11 is 7.82. The first-order valence-corrected chi connectivity index (χ1v) is 8.78. The number of carbonyl (C=O) groups is 1. The summed E-state index contributed by atoms with van der Waals surface area (Å²) in [5, 5.41) is 7.27. The summed E-state index contributed by atoms with van der Waals surface area (Å²) in [7, 11) is 0. The zero-order valence-electron chi connectivity index (χ0n) is 12.6. The number of thiocarbonyl (C=S) groups is 1. The van der Waals surface area contributed by atoms with Crippen molar-refractivity contribution in [3.63, 3.8) is 0 Å². The quantitative estimate of drug-likeness (QED) is 0.572. The first kappa shape index (κ1) is 16.2. The molecule has 6 heteroatoms. The lowest BCUT2D eigenvalue weighted by molar-refractivity contribution is -0.120. The van der Waals surface area contributed by atoms with Crippen LogP contribution in [0.25, 0.3) is 0 Å². The highest BCUT2D eigenvalue weighted by molar-refractivity contribution is 14.1. The van der Waals surface area contributed by atoms with Crippen molar-refractivity contribution in [2.75, 3.05) is 16.9 Å². The van der Waals surface area contributed by atoms with E-state index in [9.17, 15) is 4.79 Å². The second-order valence-electron chi connectivity index (χ2n) is 5.38. The molecule has 0 radical (unpaired) electrons. The molecule has 1 saturated heterocycles. The Kier molecular flexibility index (Phi) is 4.82. The molecule has 0 bridgehead atoms. The van der Waals surface area contributed by atoms with Crippen LogP contribution >= 0.6 is 34.8 Å². The predicted octanol–water partition coefficient (Wildman–Crippen LogP) is 3.89. The third-order valence-electron chi connectivity index (χ3n) is 3.67. The van der Waals surface area contributed by atoms with Crippen molar-refractivity contribution in [2.45, 2.75) is 6.92 Å². The largest absolute Gasteiger partial charge is 0.330 e. The molecule has 0 spiro atoms. The number of anilines is 2. The molecular formula is C17H16IN3OS. The Labute approximate surface area is 154 Å². The van der Waals surface area contributed by atoms with Gasteiger partial charge in [-0.25, -0.2) is 5.01 Å². The van der Waals surface area contributed by atoms with Crippen LogP contribution in [0.1, 0.15) is 6.92 Å². The lowest BCUT2D eigenvalue weighted by Crippen LogP contribution is -2.45. The summed E-state index contributed by atoms with van der Waals surface area (Å²) in [6.07, 6.45) is 0. The minimum atomic E-state index is -0.0928. The Morgan fingerprint density at radius 2 is 1.83 bits per heavy atom. The molecule has 2 aromatic carbocycles. The van der Waals surface area contributed by atoms with Gasteiger partial charge < -0.3 is 5.32 Å². The molecule has 1 amide bonds. The fourth-order valence-corrected chi connectivity index (χ4v) is 3.29. The van der Waals surface area contributed by atoms with Gasteiger partial charge in [-0.3, -0.25) is 9.80 Å². The molecule has 3 rings (SSSR count). The first-order valence-electron chi connectivity index (χ1n) is 7.30. The third-order valence-corrected chi connectivity index (χ3v) is 4.92. The SMILES string of the molecule is CC1CN(C(=S)Nc2ccccc2I)N(c2ccccc2)C1=O. The number of nitrogens with one attached hydrogen (secondary N) is 1. The third kappa shape index (κ3) is 3.32. The Morgan fingerprint density at radius 1 is 1.17 bits per heavy atom. The van der Waals surface area contributed by atoms with Gasteiger partial charge in [-0.2, -0.15) is 0 Å². The summed E-state index contributed by atoms with van der Waals surface area (Å²) in [6, 6.07) is 17.5. The van der Waals surface area contributed by atoms with E-state index < -0.39 is 0 Å². The van der Waals surface area contributed by atoms with Crippen LogP contribution < -0.4 is 10.3 Å². The van der Waals surface area contributed by atoms with E-state index in [4.69, 9.17) is 12.2 Å². The molecule has 118 valence electrons. The molecule has 1 unspecified atom stereocenters. The Morgan fingerprint density at radius 3 is 2.52 bits per heavy atom. The molecule has 1 heterocycles. The van der Waals surface area contributed by atoms with Gasteiger partial charge in [0.25, 0.3) is 5.91 Å². The van der Waals surface area contributed by atoms with Crippen molar-refractivity contribution in [2.24, 2.45) is 5.92 Å². The van der Waals surface area contributed by atoms with E-state index in [1.807, 2.05) is 66.5 Å². The van der Waals surface area contributed by atoms with Gasteiger partial charge in [0.1, 0.15) is 0 Å². The van der Waals surface area contributed by atoms with Crippen molar-refractivity contribution >= 4 is 57.2 Å². The highest BCUT2D eigenvalue weighted by Gasteiger charge is 2.37. The first-order chi connectivity index (χ1) is 11.1. The minimum Gasteiger partial charge on any atom is -0.330 e. The maximum Gasteiger partial charge on any atom is 0.250 e. The van der Waals surface area contributed by atoms with Crippen LogP contribution in [-0.2, 0) is 4.79 Å². The van der Waals surface area contributed by atoms with E-state index in [1.165, 1.54) is 0 Å². The van der Waals surface area contributed by atoms with Crippen LogP contribution in [0.15, 0.2) is 54.6 Å². The van der Waals surface area contributed by atoms with Crippen molar-refractivity contribution in [3.05, 3.63) is 58.2 Å². The number of halogens is 1. The maximum atomic E-state index is 12.5. The monoisotopic (exact) mass is 437 g/mol. The number of nitrogens with zero attached hydrogens (tertiary/aromatic N) is 2. The number of para-hydroxylation sites is 2. The number of hydrogen-bond donors (Lipinski definition) is 1. The number of carbonyl (C=O) groups excluding carboxylic acids is 1. The molecule has 0 saturated carbocycles. The topological polar surface area (TPSA) is 35.6 Å². The van der Waals surface area contributed by atoms with Crippen molar-refractivity contribution < 1.29 is 4.79 Å². The molecule has 23 heavy (non-hydrogen) atoms. The Hall–Kier alpha value is -1.67. The maximum absolute atomic E-state index is 12.5. The average molecular weight is 437 g/mol. The van der Waals surface area contributed by atoms with Crippen molar-refractivity contribution in [1.29, 1.82) is 0 Å². The fourth-order valence-electron chi connectivity index (χ4n) is 2.50. The van der Waals surface area contributed by atoms with Gasteiger partial charge >= 0.3 is 0 Å². The fraction of sp³-hybridized carbons (Fsp3) is 0.176. The van der Waals surface area contributed by atoms with E-state index in [2.05, 4.69) is 27.9 Å². The van der Waals surface area contributed by atoms with Crippen LogP contribution in [0.2, 0.25) is 0 Å². The normalized spacial score (nSPS) is 17.5. The highest BCUT2D eigenvalue weighted by Crippen LogP contribution is 2.27. The van der Waals surface area contributed by atoms with E-state index in [1.54, 1.807) is 5.01 Å². The Bertz CT molecular complexity index is 738. The van der Waals surface area contributed by atoms with Crippen molar-refractivity contribution in [3.8, 4) is 0 Å². The second-order valence-corrected chi connectivity index (χ2v) is 6.93. The van der Waals surface area contributed by atoms with Gasteiger partial charge in [-0.05, 0) is 59.1 Å². The molecule has 0 aliphatic carbocycles. The molecule has 1 atom stereocenters. The van der Waals surface area contributed by atoms with Gasteiger partial charge in [-0.15, -0.1) is 0 Å². The molecular weight excluding hydrogens is 421 g/mol. The van der Waals surface area contributed by atoms with Gasteiger partial charge in [0.05, 0.1) is 23.8 Å². The van der Waals surface area contributed by atoms with E-state index in [-0.39, 0.29) is 11.8 Å². The van der Waals surface area contributed by atoms with E-state index in [0.29, 0.717) is 11.7 Å². The summed E-state index contributed by atoms with van der Waals surface area (Å²) < 4.78 is 1.08. The average Bonchev–Trinajstić information content (AvgIpc) is 2.86. The molecule has 1 N–H and O–H groups in total. The van der Waals surface area contributed by atoms with Gasteiger partial charge in [0.2, 0.25) is 0 Å². The van der Waals surface area contributed by atoms with Crippen LogP contribution in [-0.4, -0.2) is 22.6 Å². The van der Waals surface area contributed by atoms with Gasteiger partial charge in [-0.1, -0.05) is 37.3 Å². The molecule has 2 aromatic rings. The summed E-state index contributed by atoms with van der Waals surface area (Å²) in [5.41, 5.74) is 1.77. The molecule has 4 nitrogen and oxygen atoms in total. The number of rotatable bonds is 2. The molecule has 1 fully saturated rings. The number of hydrogen-bond acceptors (Lipinski definition) is 2. The lowest BCUT2D eigenvalue weighted by Gasteiger charge is -2.30. The van der Waals surface area contributed by atoms with Crippen molar-refractivity contribution in [1.82, 2.24) is 5.01 Å². The zero-order valence-corrected chi connectivity index (χ0v) is 15.5. The molecule has 1 aliphatic heterocycles. The zero-order chi connectivity index (χ0) is 16.4. The second kappa shape index (κ2) is 6.84. The number of hydrazine groups is 1. The van der Waals surface area contributed by atoms with Crippen LogP contribution in [0.4, 0.5) is 11.4 Å². The Balaban J connectivity index is 1.86. The van der Waals surface area contributed by atoms with E-state index in [0.717, 1.165) is 14.9 Å². The highest BCUT2D eigenvalue weighted by atomic mass is 127. The van der Waals surface area contributed by atoms with E-state index >= 15 is 0 Å². The van der Waals surface area contributed by atoms with Gasteiger partial charge in [0.15, 0.2) is 5.11 Å². The van der Waals surface area contributed by atoms with Gasteiger partial charge in [0, 0.05) is 3.57 Å². The molecule has 0 aromatic heterocycles. The van der Waals surface area contributed by atoms with Crippen LogP contribution in [0.3, 0.4) is 0 Å². The minimum absolute atomic E-state index is 0.0584. The van der Waals surface area contributed by atoms with Crippen LogP contribution in [0.5, 0.6) is 0 Å². The van der Waals surface area contributed by atoms with Crippen LogP contribution in [0, 0.1) is 9.49 Å². The summed E-state index contributed by atoms with van der Waals surface area (Å²) in [5.74, 6) is -0.0343. The summed E-state index contributed by atoms with van der Waals surface area (Å²) in [6.45, 7) is 2.50.